The van der Waals surface area contributed by atoms with Gasteiger partial charge in [0.15, 0.2) is 0 Å². The van der Waals surface area contributed by atoms with Gasteiger partial charge in [0.25, 0.3) is 0 Å². The number of ether oxygens (including phenoxy) is 2. The first kappa shape index (κ1) is 18.5. The van der Waals surface area contributed by atoms with E-state index < -0.39 is 0 Å². The van der Waals surface area contributed by atoms with Crippen molar-refractivity contribution >= 4 is 26.8 Å². The highest BCUT2D eigenvalue weighted by atomic mass is 79.9. The fraction of sp³-hybridized carbons (Fsp3) is 0.125. The van der Waals surface area contributed by atoms with Gasteiger partial charge in [0.2, 0.25) is 0 Å². The zero-order valence-electron chi connectivity index (χ0n) is 15.8. The number of rotatable bonds is 5. The Morgan fingerprint density at radius 1 is 0.893 bits per heavy atom. The van der Waals surface area contributed by atoms with Crippen molar-refractivity contribution in [3.63, 3.8) is 0 Å². The fourth-order valence-corrected chi connectivity index (χ4v) is 3.54. The van der Waals surface area contributed by atoms with E-state index in [1.807, 2.05) is 60.7 Å². The molecule has 0 saturated carbocycles. The van der Waals surface area contributed by atoms with Crippen LogP contribution >= 0.6 is 15.9 Å². The smallest absolute Gasteiger partial charge is 0.146 e. The summed E-state index contributed by atoms with van der Waals surface area (Å²) in [6.07, 6.45) is 0.800. The van der Waals surface area contributed by atoms with Crippen LogP contribution in [0.15, 0.2) is 77.3 Å². The van der Waals surface area contributed by atoms with E-state index in [-0.39, 0.29) is 0 Å². The van der Waals surface area contributed by atoms with Crippen LogP contribution in [0.25, 0.3) is 22.0 Å². The first-order valence-electron chi connectivity index (χ1n) is 9.19. The Morgan fingerprint density at radius 2 is 1.61 bits per heavy atom. The van der Waals surface area contributed by atoms with Gasteiger partial charge in [-0.15, -0.1) is 0 Å². The number of nitrogens with zero attached hydrogens (tertiary/aromatic N) is 1. The Labute approximate surface area is 173 Å². The van der Waals surface area contributed by atoms with E-state index in [4.69, 9.17) is 14.5 Å². The maximum atomic E-state index is 6.45. The van der Waals surface area contributed by atoms with Crippen molar-refractivity contribution in [1.29, 1.82) is 0 Å². The Bertz CT molecular complexity index is 1110. The number of hydrogen-bond donors (Lipinski definition) is 0. The van der Waals surface area contributed by atoms with Crippen LogP contribution in [0.2, 0.25) is 0 Å². The van der Waals surface area contributed by atoms with Gasteiger partial charge in [0, 0.05) is 21.5 Å². The minimum Gasteiger partial charge on any atom is -0.497 e. The SMILES string of the molecule is CCc1nc2cc(OC)ccc2c(Oc2ccc(Br)cc2)c1-c1ccccc1. The van der Waals surface area contributed by atoms with Crippen molar-refractivity contribution in [1.82, 2.24) is 4.98 Å². The molecule has 0 unspecified atom stereocenters. The second-order valence-corrected chi connectivity index (χ2v) is 7.34. The van der Waals surface area contributed by atoms with Crippen molar-refractivity contribution in [3.05, 3.63) is 83.0 Å². The van der Waals surface area contributed by atoms with Crippen LogP contribution in [0.3, 0.4) is 0 Å². The number of aromatic nitrogens is 1. The Balaban J connectivity index is 1.99. The van der Waals surface area contributed by atoms with Crippen molar-refractivity contribution in [2.75, 3.05) is 7.11 Å². The standard InChI is InChI=1S/C24H20BrNO2/c1-3-21-23(16-7-5-4-6-8-16)24(28-18-11-9-17(25)10-12-18)20-14-13-19(27-2)15-22(20)26-21/h4-15H,3H2,1-2H3. The molecule has 0 fully saturated rings. The molecule has 0 atom stereocenters. The van der Waals surface area contributed by atoms with E-state index in [9.17, 15) is 0 Å². The molecular formula is C24H20BrNO2. The molecule has 3 aromatic carbocycles. The Hall–Kier alpha value is -2.85. The van der Waals surface area contributed by atoms with Gasteiger partial charge < -0.3 is 9.47 Å². The minimum atomic E-state index is 0.782. The van der Waals surface area contributed by atoms with Crippen molar-refractivity contribution in [2.24, 2.45) is 0 Å². The molecule has 0 saturated heterocycles. The van der Waals surface area contributed by atoms with Crippen LogP contribution in [0, 0.1) is 0 Å². The molecule has 0 spiro atoms. The number of halogens is 1. The highest BCUT2D eigenvalue weighted by Crippen LogP contribution is 2.42. The second-order valence-electron chi connectivity index (χ2n) is 6.42. The molecule has 3 nitrogen and oxygen atoms in total. The maximum absolute atomic E-state index is 6.45. The van der Waals surface area contributed by atoms with E-state index in [1.54, 1.807) is 7.11 Å². The Kier molecular flexibility index (Phi) is 5.31. The van der Waals surface area contributed by atoms with Gasteiger partial charge in [0.05, 0.1) is 18.3 Å². The summed E-state index contributed by atoms with van der Waals surface area (Å²) in [5.41, 5.74) is 3.99. The first-order valence-corrected chi connectivity index (χ1v) is 9.98. The molecule has 0 aliphatic carbocycles. The summed E-state index contributed by atoms with van der Waals surface area (Å²) in [5.74, 6) is 2.38. The summed E-state index contributed by atoms with van der Waals surface area (Å²) in [5, 5.41) is 0.958. The van der Waals surface area contributed by atoms with E-state index in [0.29, 0.717) is 0 Å². The van der Waals surface area contributed by atoms with Crippen LogP contribution in [0.5, 0.6) is 17.2 Å². The van der Waals surface area contributed by atoms with E-state index >= 15 is 0 Å². The van der Waals surface area contributed by atoms with Gasteiger partial charge in [-0.3, -0.25) is 4.98 Å². The summed E-state index contributed by atoms with van der Waals surface area (Å²) in [7, 11) is 1.67. The molecule has 4 heteroatoms. The molecule has 0 N–H and O–H groups in total. The molecule has 1 aromatic heterocycles. The zero-order chi connectivity index (χ0) is 19.5. The molecule has 4 aromatic rings. The number of hydrogen-bond acceptors (Lipinski definition) is 3. The molecule has 0 aliphatic heterocycles. The van der Waals surface area contributed by atoms with Crippen LogP contribution in [-0.2, 0) is 6.42 Å². The van der Waals surface area contributed by atoms with Gasteiger partial charge in [-0.25, -0.2) is 0 Å². The highest BCUT2D eigenvalue weighted by Gasteiger charge is 2.18. The molecule has 0 amide bonds. The predicted octanol–water partition coefficient (Wildman–Crippen LogP) is 7.03. The zero-order valence-corrected chi connectivity index (χ0v) is 17.4. The average molecular weight is 434 g/mol. The van der Waals surface area contributed by atoms with Crippen LogP contribution in [-0.4, -0.2) is 12.1 Å². The minimum absolute atomic E-state index is 0.782. The van der Waals surface area contributed by atoms with Gasteiger partial charge >= 0.3 is 0 Å². The molecule has 0 radical (unpaired) electrons. The van der Waals surface area contributed by atoms with Gasteiger partial charge in [-0.1, -0.05) is 53.2 Å². The summed E-state index contributed by atoms with van der Waals surface area (Å²) < 4.78 is 12.9. The summed E-state index contributed by atoms with van der Waals surface area (Å²) in [6.45, 7) is 2.12. The third-order valence-corrected chi connectivity index (χ3v) is 5.18. The molecular weight excluding hydrogens is 414 g/mol. The van der Waals surface area contributed by atoms with Crippen molar-refractivity contribution in [3.8, 4) is 28.4 Å². The molecule has 140 valence electrons. The number of pyridine rings is 1. The quantitative estimate of drug-likeness (QED) is 0.338. The van der Waals surface area contributed by atoms with Crippen molar-refractivity contribution in [2.45, 2.75) is 13.3 Å². The molecule has 1 heterocycles. The molecule has 0 aliphatic rings. The van der Waals surface area contributed by atoms with Gasteiger partial charge in [-0.05, 0) is 48.4 Å². The second kappa shape index (κ2) is 8.03. The van der Waals surface area contributed by atoms with Crippen molar-refractivity contribution < 1.29 is 9.47 Å². The number of aryl methyl sites for hydroxylation is 1. The topological polar surface area (TPSA) is 31.4 Å². The third kappa shape index (κ3) is 3.60. The number of benzene rings is 3. The van der Waals surface area contributed by atoms with E-state index in [1.165, 1.54) is 0 Å². The van der Waals surface area contributed by atoms with E-state index in [0.717, 1.165) is 55.9 Å². The van der Waals surface area contributed by atoms with Gasteiger partial charge in [0.1, 0.15) is 17.2 Å². The lowest BCUT2D eigenvalue weighted by Gasteiger charge is -2.18. The normalized spacial score (nSPS) is 10.8. The highest BCUT2D eigenvalue weighted by molar-refractivity contribution is 9.10. The average Bonchev–Trinajstić information content (AvgIpc) is 2.75. The summed E-state index contributed by atoms with van der Waals surface area (Å²) in [6, 6.07) is 24.1. The fourth-order valence-electron chi connectivity index (χ4n) is 3.27. The summed E-state index contributed by atoms with van der Waals surface area (Å²) in [4.78, 5) is 4.93. The number of methoxy groups -OCH3 is 1. The maximum Gasteiger partial charge on any atom is 0.146 e. The van der Waals surface area contributed by atoms with Crippen LogP contribution in [0.1, 0.15) is 12.6 Å². The predicted molar refractivity (Wildman–Crippen MR) is 117 cm³/mol. The monoisotopic (exact) mass is 433 g/mol. The van der Waals surface area contributed by atoms with Gasteiger partial charge in [-0.2, -0.15) is 0 Å². The molecule has 28 heavy (non-hydrogen) atoms. The first-order chi connectivity index (χ1) is 13.7. The molecule has 0 bridgehead atoms. The largest absolute Gasteiger partial charge is 0.497 e. The Morgan fingerprint density at radius 3 is 2.29 bits per heavy atom. The summed E-state index contributed by atoms with van der Waals surface area (Å²) >= 11 is 3.48. The van der Waals surface area contributed by atoms with Crippen LogP contribution in [0.4, 0.5) is 0 Å². The lowest BCUT2D eigenvalue weighted by molar-refractivity contribution is 0.415. The lowest BCUT2D eigenvalue weighted by atomic mass is 9.98. The molecule has 4 rings (SSSR count). The lowest BCUT2D eigenvalue weighted by Crippen LogP contribution is -1.99. The van der Waals surface area contributed by atoms with Crippen LogP contribution < -0.4 is 9.47 Å². The third-order valence-electron chi connectivity index (χ3n) is 4.65. The number of fused-ring (bicyclic) bond motifs is 1. The van der Waals surface area contributed by atoms with E-state index in [2.05, 4.69) is 35.0 Å².